The Kier molecular flexibility index (Phi) is 4.43. The maximum atomic E-state index is 10.6. The fraction of sp³-hybridized carbons (Fsp3) is 0.273. The number of aromatic amines is 1. The first kappa shape index (κ1) is 17.2. The lowest BCUT2D eigenvalue weighted by atomic mass is 10.0. The van der Waals surface area contributed by atoms with Gasteiger partial charge in [0.1, 0.15) is 23.6 Å². The van der Waals surface area contributed by atoms with Crippen LogP contribution in [0.5, 0.6) is 5.75 Å². The van der Waals surface area contributed by atoms with Crippen LogP contribution in [0.2, 0.25) is 0 Å². The zero-order chi connectivity index (χ0) is 18.9. The number of aliphatic hydroxyl groups excluding tert-OH is 1. The number of benzene rings is 1. The van der Waals surface area contributed by atoms with Crippen LogP contribution in [-0.4, -0.2) is 50.3 Å². The topological polar surface area (TPSA) is 74.3 Å². The molecule has 4 aromatic rings. The van der Waals surface area contributed by atoms with E-state index in [2.05, 4.69) is 32.0 Å². The van der Waals surface area contributed by atoms with Gasteiger partial charge < -0.3 is 14.8 Å². The van der Waals surface area contributed by atoms with Gasteiger partial charge in [0.25, 0.3) is 0 Å². The molecular weight excluding hydrogens is 352 g/mol. The average Bonchev–Trinajstić information content (AvgIpc) is 3.12. The molecule has 0 radical (unpaired) electrons. The van der Waals surface area contributed by atoms with E-state index < -0.39 is 6.10 Å². The molecule has 1 aliphatic rings. The van der Waals surface area contributed by atoms with Crippen LogP contribution in [-0.2, 0) is 6.54 Å². The third kappa shape index (κ3) is 3.44. The minimum Gasteiger partial charge on any atom is -0.488 e. The summed E-state index contributed by atoms with van der Waals surface area (Å²) in [6, 6.07) is 15.9. The van der Waals surface area contributed by atoms with E-state index in [1.54, 1.807) is 12.4 Å². The van der Waals surface area contributed by atoms with E-state index >= 15 is 0 Å². The number of hydrogen-bond acceptors (Lipinski definition) is 5. The maximum Gasteiger partial charge on any atom is 0.137 e. The van der Waals surface area contributed by atoms with Crippen LogP contribution in [0.25, 0.3) is 21.9 Å². The number of aromatic nitrogens is 3. The van der Waals surface area contributed by atoms with Gasteiger partial charge in [0.2, 0.25) is 0 Å². The average molecular weight is 374 g/mol. The summed E-state index contributed by atoms with van der Waals surface area (Å²) in [6.45, 7) is 2.23. The predicted molar refractivity (Wildman–Crippen MR) is 108 cm³/mol. The molecule has 6 heteroatoms. The number of aliphatic hydroxyl groups is 1. The van der Waals surface area contributed by atoms with Crippen LogP contribution in [0.3, 0.4) is 0 Å². The van der Waals surface area contributed by atoms with E-state index in [0.29, 0.717) is 6.54 Å². The second-order valence-corrected chi connectivity index (χ2v) is 7.34. The van der Waals surface area contributed by atoms with Crippen molar-refractivity contribution in [2.45, 2.75) is 25.2 Å². The van der Waals surface area contributed by atoms with Gasteiger partial charge in [-0.05, 0) is 48.9 Å². The molecule has 3 aromatic heterocycles. The highest BCUT2D eigenvalue weighted by Crippen LogP contribution is 2.24. The van der Waals surface area contributed by atoms with Crippen molar-refractivity contribution in [3.05, 3.63) is 66.6 Å². The highest BCUT2D eigenvalue weighted by Gasteiger charge is 2.29. The van der Waals surface area contributed by atoms with Crippen molar-refractivity contribution in [2.75, 3.05) is 13.1 Å². The fourth-order valence-corrected chi connectivity index (χ4v) is 3.90. The number of piperidine rings is 1. The molecule has 142 valence electrons. The van der Waals surface area contributed by atoms with Crippen molar-refractivity contribution >= 4 is 21.9 Å². The van der Waals surface area contributed by atoms with Crippen molar-refractivity contribution in [1.82, 2.24) is 19.9 Å². The molecule has 28 heavy (non-hydrogen) atoms. The lowest BCUT2D eigenvalue weighted by Gasteiger charge is -2.35. The van der Waals surface area contributed by atoms with Gasteiger partial charge in [-0.2, -0.15) is 0 Å². The van der Waals surface area contributed by atoms with E-state index in [1.165, 1.54) is 0 Å². The Labute approximate surface area is 162 Å². The highest BCUT2D eigenvalue weighted by molar-refractivity contribution is 5.79. The normalized spacial score (nSPS) is 20.6. The summed E-state index contributed by atoms with van der Waals surface area (Å²) in [5.74, 6) is 0.777. The molecule has 6 nitrogen and oxygen atoms in total. The monoisotopic (exact) mass is 374 g/mol. The molecule has 1 aliphatic heterocycles. The number of ether oxygens (including phenoxy) is 1. The Morgan fingerprint density at radius 1 is 1.07 bits per heavy atom. The molecule has 1 aromatic carbocycles. The number of pyridine rings is 2. The van der Waals surface area contributed by atoms with Gasteiger partial charge in [-0.3, -0.25) is 9.88 Å². The van der Waals surface area contributed by atoms with Gasteiger partial charge >= 0.3 is 0 Å². The van der Waals surface area contributed by atoms with Crippen LogP contribution in [0.15, 0.2) is 60.9 Å². The number of nitrogens with zero attached hydrogens (tertiary/aromatic N) is 3. The van der Waals surface area contributed by atoms with E-state index in [0.717, 1.165) is 52.9 Å². The van der Waals surface area contributed by atoms with E-state index in [1.807, 2.05) is 36.4 Å². The summed E-state index contributed by atoms with van der Waals surface area (Å²) in [7, 11) is 0. The first-order valence-corrected chi connectivity index (χ1v) is 9.59. The third-order valence-electron chi connectivity index (χ3n) is 5.31. The van der Waals surface area contributed by atoms with Crippen molar-refractivity contribution in [3.8, 4) is 5.75 Å². The van der Waals surface area contributed by atoms with Crippen LogP contribution in [0.1, 0.15) is 12.1 Å². The van der Waals surface area contributed by atoms with E-state index in [4.69, 9.17) is 4.74 Å². The summed E-state index contributed by atoms with van der Waals surface area (Å²) in [5, 5.41) is 12.8. The zero-order valence-corrected chi connectivity index (χ0v) is 15.5. The fourth-order valence-electron chi connectivity index (χ4n) is 3.90. The van der Waals surface area contributed by atoms with E-state index in [9.17, 15) is 5.11 Å². The molecule has 0 saturated carbocycles. The Morgan fingerprint density at radius 2 is 1.93 bits per heavy atom. The number of hydrogen-bond donors (Lipinski definition) is 2. The molecule has 0 spiro atoms. The van der Waals surface area contributed by atoms with Gasteiger partial charge in [0, 0.05) is 48.5 Å². The van der Waals surface area contributed by atoms with Crippen molar-refractivity contribution < 1.29 is 9.84 Å². The van der Waals surface area contributed by atoms with Crippen LogP contribution in [0, 0.1) is 0 Å². The number of likely N-dealkylation sites (tertiary alicyclic amines) is 1. The molecule has 0 bridgehead atoms. The molecule has 2 N–H and O–H groups in total. The van der Waals surface area contributed by atoms with Gasteiger partial charge in [0.05, 0.1) is 5.52 Å². The van der Waals surface area contributed by atoms with Crippen molar-refractivity contribution in [3.63, 3.8) is 0 Å². The minimum atomic E-state index is -0.527. The van der Waals surface area contributed by atoms with Crippen LogP contribution >= 0.6 is 0 Å². The third-order valence-corrected chi connectivity index (χ3v) is 5.31. The highest BCUT2D eigenvalue weighted by atomic mass is 16.5. The van der Waals surface area contributed by atoms with Crippen LogP contribution < -0.4 is 4.74 Å². The molecular formula is C22H22N4O2. The quantitative estimate of drug-likeness (QED) is 0.574. The molecule has 4 heterocycles. The van der Waals surface area contributed by atoms with Crippen LogP contribution in [0.4, 0.5) is 0 Å². The predicted octanol–water partition coefficient (Wildman–Crippen LogP) is 3.13. The summed E-state index contributed by atoms with van der Waals surface area (Å²) in [6.07, 6.45) is 3.63. The number of rotatable bonds is 4. The minimum absolute atomic E-state index is 0.199. The first-order valence-electron chi connectivity index (χ1n) is 9.59. The summed E-state index contributed by atoms with van der Waals surface area (Å²) in [4.78, 5) is 14.3. The van der Waals surface area contributed by atoms with Gasteiger partial charge in [-0.25, -0.2) is 4.98 Å². The summed E-state index contributed by atoms with van der Waals surface area (Å²) >= 11 is 0. The molecule has 1 saturated heterocycles. The standard InChI is InChI=1S/C22H22N4O2/c27-20-14-26(13-17-11-16-4-2-9-24-22(16)25-17)10-7-21(20)28-18-5-6-19-15(12-18)3-1-8-23-19/h1-6,8-9,11-12,20-21,27H,7,10,13-14H2,(H,24,25)/t20-,21-/m1/s1. The van der Waals surface area contributed by atoms with Gasteiger partial charge in [0.15, 0.2) is 0 Å². The number of nitrogens with one attached hydrogen (secondary N) is 1. The summed E-state index contributed by atoms with van der Waals surface area (Å²) < 4.78 is 6.10. The number of β-amino-alcohol motifs (C(OH)–C–C–N with tert-alkyl or cyclic N) is 1. The molecule has 5 rings (SSSR count). The molecule has 1 fully saturated rings. The summed E-state index contributed by atoms with van der Waals surface area (Å²) in [5.41, 5.74) is 2.96. The van der Waals surface area contributed by atoms with Crippen molar-refractivity contribution in [1.29, 1.82) is 0 Å². The van der Waals surface area contributed by atoms with E-state index in [-0.39, 0.29) is 6.10 Å². The Balaban J connectivity index is 1.23. The number of fused-ring (bicyclic) bond motifs is 2. The van der Waals surface area contributed by atoms with Gasteiger partial charge in [-0.15, -0.1) is 0 Å². The lowest BCUT2D eigenvalue weighted by molar-refractivity contribution is -0.0276. The van der Waals surface area contributed by atoms with Gasteiger partial charge in [-0.1, -0.05) is 6.07 Å². The Morgan fingerprint density at radius 3 is 2.79 bits per heavy atom. The Bertz CT molecular complexity index is 1080. The first-order chi connectivity index (χ1) is 13.7. The second kappa shape index (κ2) is 7.22. The largest absolute Gasteiger partial charge is 0.488 e. The maximum absolute atomic E-state index is 10.6. The molecule has 0 aliphatic carbocycles. The van der Waals surface area contributed by atoms with Crippen molar-refractivity contribution in [2.24, 2.45) is 0 Å². The SMILES string of the molecule is O[C@@H]1CN(Cc2cc3cccnc3[nH]2)CC[C@H]1Oc1ccc2ncccc2c1. The zero-order valence-electron chi connectivity index (χ0n) is 15.5. The second-order valence-electron chi connectivity index (χ2n) is 7.34. The Hall–Kier alpha value is -2.96. The lowest BCUT2D eigenvalue weighted by Crippen LogP contribution is -2.48. The smallest absolute Gasteiger partial charge is 0.137 e. The number of H-pyrrole nitrogens is 1. The molecule has 0 amide bonds. The molecule has 2 atom stereocenters. The molecule has 0 unspecified atom stereocenters.